The van der Waals surface area contributed by atoms with Crippen molar-refractivity contribution in [1.29, 1.82) is 0 Å². The number of hydrogen-bond donors (Lipinski definition) is 1. The van der Waals surface area contributed by atoms with Crippen LogP contribution in [0.3, 0.4) is 0 Å². The number of ether oxygens (including phenoxy) is 1. The molecule has 0 unspecified atom stereocenters. The largest absolute Gasteiger partial charge is 0.484 e. The fourth-order valence-corrected chi connectivity index (χ4v) is 2.06. The Bertz CT molecular complexity index is 682. The summed E-state index contributed by atoms with van der Waals surface area (Å²) in [6, 6.07) is 14.9. The van der Waals surface area contributed by atoms with E-state index in [9.17, 15) is 4.79 Å². The molecule has 0 aliphatic heterocycles. The normalized spacial score (nSPS) is 11.0. The maximum Gasteiger partial charge on any atom is 0.277 e. The zero-order valence-electron chi connectivity index (χ0n) is 13.1. The van der Waals surface area contributed by atoms with E-state index in [-0.39, 0.29) is 12.5 Å². The highest BCUT2D eigenvalue weighted by Crippen LogP contribution is 2.16. The van der Waals surface area contributed by atoms with Crippen LogP contribution in [-0.4, -0.2) is 18.7 Å². The van der Waals surface area contributed by atoms with Crippen LogP contribution < -0.4 is 10.2 Å². The van der Waals surface area contributed by atoms with Gasteiger partial charge in [0.25, 0.3) is 5.91 Å². The fourth-order valence-electron chi connectivity index (χ4n) is 1.88. The average molecular weight is 331 g/mol. The molecule has 0 aromatic heterocycles. The average Bonchev–Trinajstić information content (AvgIpc) is 2.53. The Kier molecular flexibility index (Phi) is 6.18. The van der Waals surface area contributed by atoms with Gasteiger partial charge in [0.2, 0.25) is 0 Å². The molecule has 0 atom stereocenters. The number of amides is 1. The van der Waals surface area contributed by atoms with Crippen LogP contribution in [0.25, 0.3) is 0 Å². The first kappa shape index (κ1) is 17.0. The van der Waals surface area contributed by atoms with E-state index in [1.54, 1.807) is 30.5 Å². The predicted molar refractivity (Wildman–Crippen MR) is 93.2 cm³/mol. The van der Waals surface area contributed by atoms with Gasteiger partial charge in [-0.1, -0.05) is 55.8 Å². The molecular formula is C18H19ClN2O2. The highest BCUT2D eigenvalue weighted by Gasteiger charge is 2.02. The molecule has 0 fully saturated rings. The molecule has 4 nitrogen and oxygen atoms in total. The molecule has 5 heteroatoms. The van der Waals surface area contributed by atoms with Crippen LogP contribution in [-0.2, 0) is 4.79 Å². The number of rotatable bonds is 6. The molecule has 1 N–H and O–H groups in total. The summed E-state index contributed by atoms with van der Waals surface area (Å²) in [4.78, 5) is 11.7. The van der Waals surface area contributed by atoms with E-state index in [0.717, 1.165) is 5.56 Å². The van der Waals surface area contributed by atoms with E-state index < -0.39 is 0 Å². The summed E-state index contributed by atoms with van der Waals surface area (Å²) in [6.45, 7) is 4.16. The number of nitrogens with one attached hydrogen (secondary N) is 1. The van der Waals surface area contributed by atoms with Crippen molar-refractivity contribution in [1.82, 2.24) is 5.43 Å². The molecule has 0 radical (unpaired) electrons. The van der Waals surface area contributed by atoms with Gasteiger partial charge in [0, 0.05) is 5.02 Å². The summed E-state index contributed by atoms with van der Waals surface area (Å²) in [5, 5.41) is 4.48. The number of benzene rings is 2. The number of nitrogens with zero attached hydrogens (tertiary/aromatic N) is 1. The second-order valence-corrected chi connectivity index (χ2v) is 5.80. The van der Waals surface area contributed by atoms with Crippen LogP contribution in [0, 0.1) is 0 Å². The van der Waals surface area contributed by atoms with Crippen LogP contribution in [0.4, 0.5) is 0 Å². The molecule has 1 amide bonds. The third-order valence-electron chi connectivity index (χ3n) is 3.17. The van der Waals surface area contributed by atoms with Gasteiger partial charge in [-0.15, -0.1) is 0 Å². The van der Waals surface area contributed by atoms with Crippen LogP contribution >= 0.6 is 11.6 Å². The van der Waals surface area contributed by atoms with Crippen molar-refractivity contribution < 1.29 is 9.53 Å². The van der Waals surface area contributed by atoms with Gasteiger partial charge >= 0.3 is 0 Å². The lowest BCUT2D eigenvalue weighted by molar-refractivity contribution is -0.123. The highest BCUT2D eigenvalue weighted by molar-refractivity contribution is 6.30. The lowest BCUT2D eigenvalue weighted by Crippen LogP contribution is -2.24. The van der Waals surface area contributed by atoms with Crippen LogP contribution in [0.2, 0.25) is 5.02 Å². The summed E-state index contributed by atoms with van der Waals surface area (Å²) in [5.41, 5.74) is 4.61. The molecule has 0 saturated heterocycles. The summed E-state index contributed by atoms with van der Waals surface area (Å²) in [6.07, 6.45) is 1.60. The van der Waals surface area contributed by atoms with Crippen molar-refractivity contribution in [2.24, 2.45) is 5.10 Å². The van der Waals surface area contributed by atoms with E-state index >= 15 is 0 Å². The molecule has 2 aromatic rings. The molecule has 23 heavy (non-hydrogen) atoms. The number of carbonyl (C=O) groups excluding carboxylic acids is 1. The molecule has 0 heterocycles. The fraction of sp³-hybridized carbons (Fsp3) is 0.222. The Morgan fingerprint density at radius 1 is 1.26 bits per heavy atom. The van der Waals surface area contributed by atoms with Crippen molar-refractivity contribution in [2.45, 2.75) is 19.8 Å². The molecule has 0 spiro atoms. The SMILES string of the molecule is CC(C)c1ccc(C=NNC(=O)COc2cccc(Cl)c2)cc1. The van der Waals surface area contributed by atoms with Crippen LogP contribution in [0.1, 0.15) is 30.9 Å². The minimum Gasteiger partial charge on any atom is -0.484 e. The van der Waals surface area contributed by atoms with Gasteiger partial charge in [0.1, 0.15) is 5.75 Å². The Balaban J connectivity index is 1.79. The van der Waals surface area contributed by atoms with E-state index in [0.29, 0.717) is 16.7 Å². The molecule has 2 aromatic carbocycles. The zero-order chi connectivity index (χ0) is 16.7. The van der Waals surface area contributed by atoms with Gasteiger partial charge < -0.3 is 4.74 Å². The Hall–Kier alpha value is -2.33. The third-order valence-corrected chi connectivity index (χ3v) is 3.41. The number of hydrogen-bond acceptors (Lipinski definition) is 3. The molecule has 0 bridgehead atoms. The second kappa shape index (κ2) is 8.34. The maximum absolute atomic E-state index is 11.7. The molecular weight excluding hydrogens is 312 g/mol. The van der Waals surface area contributed by atoms with Crippen molar-refractivity contribution >= 4 is 23.7 Å². The Morgan fingerprint density at radius 3 is 2.65 bits per heavy atom. The minimum absolute atomic E-state index is 0.121. The second-order valence-electron chi connectivity index (χ2n) is 5.36. The minimum atomic E-state index is -0.333. The summed E-state index contributed by atoms with van der Waals surface area (Å²) >= 11 is 5.84. The molecule has 0 saturated carbocycles. The summed E-state index contributed by atoms with van der Waals surface area (Å²) < 4.78 is 5.32. The first-order valence-corrected chi connectivity index (χ1v) is 7.72. The summed E-state index contributed by atoms with van der Waals surface area (Å²) in [5.74, 6) is 0.699. The van der Waals surface area contributed by atoms with E-state index in [1.165, 1.54) is 5.56 Å². The van der Waals surface area contributed by atoms with E-state index in [2.05, 4.69) is 36.5 Å². The molecule has 120 valence electrons. The first-order valence-electron chi connectivity index (χ1n) is 7.35. The van der Waals surface area contributed by atoms with Gasteiger partial charge in [-0.2, -0.15) is 5.10 Å². The maximum atomic E-state index is 11.7. The van der Waals surface area contributed by atoms with Gasteiger partial charge in [0.05, 0.1) is 6.21 Å². The van der Waals surface area contributed by atoms with Gasteiger partial charge in [-0.3, -0.25) is 4.79 Å². The van der Waals surface area contributed by atoms with Crippen molar-refractivity contribution in [2.75, 3.05) is 6.61 Å². The number of hydrazone groups is 1. The van der Waals surface area contributed by atoms with Crippen molar-refractivity contribution in [3.8, 4) is 5.75 Å². The van der Waals surface area contributed by atoms with E-state index in [1.807, 2.05) is 12.1 Å². The lowest BCUT2D eigenvalue weighted by atomic mass is 10.0. The monoisotopic (exact) mass is 330 g/mol. The van der Waals surface area contributed by atoms with Crippen LogP contribution in [0.5, 0.6) is 5.75 Å². The highest BCUT2D eigenvalue weighted by atomic mass is 35.5. The first-order chi connectivity index (χ1) is 11.0. The van der Waals surface area contributed by atoms with Gasteiger partial charge in [-0.05, 0) is 35.2 Å². The zero-order valence-corrected chi connectivity index (χ0v) is 13.9. The molecule has 0 aliphatic carbocycles. The topological polar surface area (TPSA) is 50.7 Å². The number of halogens is 1. The molecule has 0 aliphatic rings. The smallest absolute Gasteiger partial charge is 0.277 e. The number of carbonyl (C=O) groups is 1. The van der Waals surface area contributed by atoms with Gasteiger partial charge in [0.15, 0.2) is 6.61 Å². The van der Waals surface area contributed by atoms with Gasteiger partial charge in [-0.25, -0.2) is 5.43 Å². The van der Waals surface area contributed by atoms with Crippen molar-refractivity contribution in [3.05, 3.63) is 64.7 Å². The predicted octanol–water partition coefficient (Wildman–Crippen LogP) is 3.99. The lowest BCUT2D eigenvalue weighted by Gasteiger charge is -2.05. The third kappa shape index (κ3) is 5.75. The standard InChI is InChI=1S/C18H19ClN2O2/c1-13(2)15-8-6-14(7-9-15)11-20-21-18(22)12-23-17-5-3-4-16(19)10-17/h3-11,13H,12H2,1-2H3,(H,21,22). The quantitative estimate of drug-likeness (QED) is 0.643. The molecule has 2 rings (SSSR count). The van der Waals surface area contributed by atoms with Crippen LogP contribution in [0.15, 0.2) is 53.6 Å². The summed E-state index contributed by atoms with van der Waals surface area (Å²) in [7, 11) is 0. The van der Waals surface area contributed by atoms with Crippen molar-refractivity contribution in [3.63, 3.8) is 0 Å². The Morgan fingerprint density at radius 2 is 2.00 bits per heavy atom. The van der Waals surface area contributed by atoms with E-state index in [4.69, 9.17) is 16.3 Å². The Labute approximate surface area is 141 Å².